The topological polar surface area (TPSA) is 46.2 Å². The highest BCUT2D eigenvalue weighted by molar-refractivity contribution is 4.66. The van der Waals surface area contributed by atoms with E-state index >= 15 is 0 Å². The quantitative estimate of drug-likeness (QED) is 0.643. The maximum absolute atomic E-state index is 9.48. The third-order valence-corrected chi connectivity index (χ3v) is 2.76. The van der Waals surface area contributed by atoms with Crippen molar-refractivity contribution in [3.05, 3.63) is 0 Å². The molecule has 0 amide bonds. The van der Waals surface area contributed by atoms with Crippen LogP contribution in [0.25, 0.3) is 0 Å². The minimum absolute atomic E-state index is 0.195. The molecule has 0 rings (SSSR count). The lowest BCUT2D eigenvalue weighted by Gasteiger charge is -2.20. The Morgan fingerprint density at radius 2 is 1.83 bits per heavy atom. The lowest BCUT2D eigenvalue weighted by molar-refractivity contribution is 0.125. The first-order chi connectivity index (χ1) is 5.61. The van der Waals surface area contributed by atoms with Crippen molar-refractivity contribution in [2.45, 2.75) is 46.1 Å². The molecule has 0 aromatic carbocycles. The molecule has 0 bridgehead atoms. The van der Waals surface area contributed by atoms with Crippen LogP contribution in [0, 0.1) is 11.8 Å². The summed E-state index contributed by atoms with van der Waals surface area (Å²) >= 11 is 0. The van der Waals surface area contributed by atoms with Crippen molar-refractivity contribution in [2.75, 3.05) is 6.54 Å². The van der Waals surface area contributed by atoms with Crippen LogP contribution in [0.4, 0.5) is 0 Å². The van der Waals surface area contributed by atoms with Crippen molar-refractivity contribution in [1.82, 2.24) is 0 Å². The van der Waals surface area contributed by atoms with Gasteiger partial charge >= 0.3 is 0 Å². The predicted octanol–water partition coefficient (Wildman–Crippen LogP) is 1.77. The van der Waals surface area contributed by atoms with E-state index in [1.54, 1.807) is 0 Å². The van der Waals surface area contributed by atoms with Crippen LogP contribution in [0.3, 0.4) is 0 Å². The molecule has 0 heterocycles. The maximum Gasteiger partial charge on any atom is 0.0554 e. The Morgan fingerprint density at radius 3 is 2.25 bits per heavy atom. The zero-order valence-corrected chi connectivity index (χ0v) is 8.59. The summed E-state index contributed by atoms with van der Waals surface area (Å²) in [5, 5.41) is 9.48. The minimum Gasteiger partial charge on any atom is -0.393 e. The number of nitrogens with two attached hydrogens (primary N) is 1. The minimum atomic E-state index is -0.195. The molecule has 74 valence electrons. The van der Waals surface area contributed by atoms with Gasteiger partial charge in [-0.3, -0.25) is 0 Å². The third kappa shape index (κ3) is 4.73. The highest BCUT2D eigenvalue weighted by Crippen LogP contribution is 2.20. The molecule has 0 fully saturated rings. The molecular formula is C10H23NO. The van der Waals surface area contributed by atoms with Crippen molar-refractivity contribution in [3.8, 4) is 0 Å². The molecule has 0 spiro atoms. The van der Waals surface area contributed by atoms with Crippen LogP contribution in [0.2, 0.25) is 0 Å². The number of aliphatic hydroxyl groups excluding tert-OH is 1. The second-order valence-electron chi connectivity index (χ2n) is 3.83. The molecule has 3 N–H and O–H groups in total. The Morgan fingerprint density at radius 1 is 1.25 bits per heavy atom. The summed E-state index contributed by atoms with van der Waals surface area (Å²) in [7, 11) is 0. The van der Waals surface area contributed by atoms with Crippen LogP contribution >= 0.6 is 0 Å². The smallest absolute Gasteiger partial charge is 0.0554 e. The van der Waals surface area contributed by atoms with Crippen molar-refractivity contribution < 1.29 is 5.11 Å². The normalized spacial score (nSPS) is 18.8. The van der Waals surface area contributed by atoms with E-state index in [0.29, 0.717) is 18.4 Å². The van der Waals surface area contributed by atoms with Gasteiger partial charge in [0.1, 0.15) is 0 Å². The summed E-state index contributed by atoms with van der Waals surface area (Å²) in [6.45, 7) is 7.22. The molecule has 0 saturated carbocycles. The molecule has 0 radical (unpaired) electrons. The van der Waals surface area contributed by atoms with Crippen LogP contribution in [0.5, 0.6) is 0 Å². The summed E-state index contributed by atoms with van der Waals surface area (Å²) in [4.78, 5) is 0. The van der Waals surface area contributed by atoms with Crippen molar-refractivity contribution >= 4 is 0 Å². The molecule has 2 heteroatoms. The van der Waals surface area contributed by atoms with Gasteiger partial charge in [0.05, 0.1) is 6.10 Å². The number of hydrogen-bond acceptors (Lipinski definition) is 2. The molecule has 0 aliphatic heterocycles. The fraction of sp³-hybridized carbons (Fsp3) is 1.00. The highest BCUT2D eigenvalue weighted by atomic mass is 16.3. The number of hydrogen-bond donors (Lipinski definition) is 2. The molecule has 2 nitrogen and oxygen atoms in total. The zero-order chi connectivity index (χ0) is 9.56. The van der Waals surface area contributed by atoms with E-state index in [1.165, 1.54) is 6.42 Å². The molecule has 2 unspecified atom stereocenters. The van der Waals surface area contributed by atoms with Gasteiger partial charge in [0.2, 0.25) is 0 Å². The van der Waals surface area contributed by atoms with Gasteiger partial charge in [-0.15, -0.1) is 0 Å². The molecule has 0 aliphatic carbocycles. The fourth-order valence-electron chi connectivity index (χ4n) is 1.37. The van der Waals surface area contributed by atoms with Gasteiger partial charge in [-0.2, -0.15) is 0 Å². The van der Waals surface area contributed by atoms with Crippen LogP contribution in [0.15, 0.2) is 0 Å². The first-order valence-corrected chi connectivity index (χ1v) is 4.99. The summed E-state index contributed by atoms with van der Waals surface area (Å²) in [6.07, 6.45) is 2.63. The largest absolute Gasteiger partial charge is 0.393 e. The van der Waals surface area contributed by atoms with E-state index in [0.717, 1.165) is 12.8 Å². The monoisotopic (exact) mass is 173 g/mol. The third-order valence-electron chi connectivity index (χ3n) is 2.76. The molecule has 0 saturated heterocycles. The van der Waals surface area contributed by atoms with Crippen LogP contribution in [0.1, 0.15) is 40.0 Å². The zero-order valence-electron chi connectivity index (χ0n) is 8.59. The van der Waals surface area contributed by atoms with Gasteiger partial charge in [0, 0.05) is 0 Å². The first kappa shape index (κ1) is 11.9. The van der Waals surface area contributed by atoms with E-state index in [2.05, 4.69) is 20.8 Å². The Bertz CT molecular complexity index is 106. The average molecular weight is 173 g/mol. The molecule has 12 heavy (non-hydrogen) atoms. The predicted molar refractivity (Wildman–Crippen MR) is 52.9 cm³/mol. The van der Waals surface area contributed by atoms with Crippen LogP contribution in [-0.4, -0.2) is 17.8 Å². The molecular weight excluding hydrogens is 150 g/mol. The number of rotatable bonds is 6. The first-order valence-electron chi connectivity index (χ1n) is 4.99. The highest BCUT2D eigenvalue weighted by Gasteiger charge is 2.14. The summed E-state index contributed by atoms with van der Waals surface area (Å²) in [6, 6.07) is 0. The van der Waals surface area contributed by atoms with Crippen LogP contribution in [-0.2, 0) is 0 Å². The van der Waals surface area contributed by atoms with Gasteiger partial charge in [0.25, 0.3) is 0 Å². The number of aliphatic hydroxyl groups is 1. The second kappa shape index (κ2) is 6.44. The lowest BCUT2D eigenvalue weighted by Crippen LogP contribution is -2.19. The summed E-state index contributed by atoms with van der Waals surface area (Å²) < 4.78 is 0. The Balaban J connectivity index is 3.59. The Kier molecular flexibility index (Phi) is 6.39. The van der Waals surface area contributed by atoms with E-state index in [9.17, 15) is 5.11 Å². The van der Waals surface area contributed by atoms with E-state index in [-0.39, 0.29) is 6.10 Å². The molecule has 3 atom stereocenters. The van der Waals surface area contributed by atoms with Gasteiger partial charge in [-0.25, -0.2) is 0 Å². The van der Waals surface area contributed by atoms with Gasteiger partial charge in [-0.05, 0) is 31.2 Å². The standard InChI is InChI=1S/C10H23NO/c1-4-8(2)9(3)7-10(12)5-6-11/h8-10,12H,4-7,11H2,1-3H3/t8?,9?,10-/m1/s1. The Labute approximate surface area is 76.2 Å². The molecule has 0 aromatic rings. The maximum atomic E-state index is 9.48. The average Bonchev–Trinajstić information content (AvgIpc) is 2.03. The SMILES string of the molecule is CCC(C)C(C)C[C@H](O)CCN. The van der Waals surface area contributed by atoms with E-state index in [4.69, 9.17) is 5.73 Å². The summed E-state index contributed by atoms with van der Waals surface area (Å²) in [5.74, 6) is 1.31. The van der Waals surface area contributed by atoms with Gasteiger partial charge in [-0.1, -0.05) is 27.2 Å². The fourth-order valence-corrected chi connectivity index (χ4v) is 1.37. The second-order valence-corrected chi connectivity index (χ2v) is 3.83. The molecule has 0 aliphatic rings. The van der Waals surface area contributed by atoms with Gasteiger partial charge in [0.15, 0.2) is 0 Å². The lowest BCUT2D eigenvalue weighted by atomic mass is 9.88. The van der Waals surface area contributed by atoms with Gasteiger partial charge < -0.3 is 10.8 Å². The van der Waals surface area contributed by atoms with Crippen molar-refractivity contribution in [2.24, 2.45) is 17.6 Å². The van der Waals surface area contributed by atoms with Crippen molar-refractivity contribution in [3.63, 3.8) is 0 Å². The van der Waals surface area contributed by atoms with Crippen molar-refractivity contribution in [1.29, 1.82) is 0 Å². The summed E-state index contributed by atoms with van der Waals surface area (Å²) in [5.41, 5.74) is 5.35. The van der Waals surface area contributed by atoms with E-state index in [1.807, 2.05) is 0 Å². The van der Waals surface area contributed by atoms with Crippen LogP contribution < -0.4 is 5.73 Å². The molecule has 0 aromatic heterocycles. The Hall–Kier alpha value is -0.0800. The van der Waals surface area contributed by atoms with E-state index < -0.39 is 0 Å².